The number of piperidine rings is 1. The molecule has 7 nitrogen and oxygen atoms in total. The third-order valence-corrected chi connectivity index (χ3v) is 6.80. The standard InChI is InChI=1S/C17H26N4O3/c18-16(24)17-5-1-2-12(17)8-21(10-17)15(23)14(22)20-7-4-11-3-6-19-13(11)9-20/h11-13,19H,1-10H2,(H2,18,24)/t11-,12-,13+,17-/m0/s1. The lowest BCUT2D eigenvalue weighted by Gasteiger charge is -2.35. The van der Waals surface area contributed by atoms with Gasteiger partial charge in [0.2, 0.25) is 5.91 Å². The summed E-state index contributed by atoms with van der Waals surface area (Å²) in [5.41, 5.74) is 5.03. The molecule has 0 radical (unpaired) electrons. The molecule has 4 aliphatic rings. The summed E-state index contributed by atoms with van der Waals surface area (Å²) in [4.78, 5) is 40.6. The predicted octanol–water partition coefficient (Wildman–Crippen LogP) is -0.689. The molecule has 0 unspecified atom stereocenters. The highest BCUT2D eigenvalue weighted by atomic mass is 16.2. The maximum absolute atomic E-state index is 12.7. The molecule has 132 valence electrons. The molecule has 7 heteroatoms. The van der Waals surface area contributed by atoms with E-state index in [4.69, 9.17) is 5.73 Å². The van der Waals surface area contributed by atoms with E-state index in [1.807, 2.05) is 0 Å². The summed E-state index contributed by atoms with van der Waals surface area (Å²) >= 11 is 0. The van der Waals surface area contributed by atoms with Crippen LogP contribution in [0.15, 0.2) is 0 Å². The Morgan fingerprint density at radius 3 is 2.58 bits per heavy atom. The van der Waals surface area contributed by atoms with E-state index in [1.54, 1.807) is 9.80 Å². The number of nitrogens with two attached hydrogens (primary N) is 1. The molecule has 4 fully saturated rings. The third-order valence-electron chi connectivity index (χ3n) is 6.80. The van der Waals surface area contributed by atoms with Crippen molar-refractivity contribution in [3.05, 3.63) is 0 Å². The molecular formula is C17H26N4O3. The van der Waals surface area contributed by atoms with Crippen LogP contribution in [0.3, 0.4) is 0 Å². The van der Waals surface area contributed by atoms with Crippen LogP contribution in [-0.2, 0) is 14.4 Å². The lowest BCUT2D eigenvalue weighted by atomic mass is 9.80. The zero-order chi connectivity index (χ0) is 16.9. The smallest absolute Gasteiger partial charge is 0.312 e. The van der Waals surface area contributed by atoms with Gasteiger partial charge in [0.1, 0.15) is 0 Å². The molecule has 0 spiro atoms. The summed E-state index contributed by atoms with van der Waals surface area (Å²) in [7, 11) is 0. The first-order chi connectivity index (χ1) is 11.5. The van der Waals surface area contributed by atoms with Crippen LogP contribution in [0.25, 0.3) is 0 Å². The van der Waals surface area contributed by atoms with Crippen molar-refractivity contribution in [2.24, 2.45) is 23.0 Å². The largest absolute Gasteiger partial charge is 0.369 e. The van der Waals surface area contributed by atoms with Crippen molar-refractivity contribution >= 4 is 17.7 Å². The fraction of sp³-hybridized carbons (Fsp3) is 0.824. The van der Waals surface area contributed by atoms with Crippen LogP contribution in [0.2, 0.25) is 0 Å². The number of hydrogen-bond donors (Lipinski definition) is 2. The quantitative estimate of drug-likeness (QED) is 0.621. The first kappa shape index (κ1) is 15.9. The van der Waals surface area contributed by atoms with Crippen molar-refractivity contribution < 1.29 is 14.4 Å². The zero-order valence-electron chi connectivity index (χ0n) is 14.0. The summed E-state index contributed by atoms with van der Waals surface area (Å²) < 4.78 is 0. The van der Waals surface area contributed by atoms with Gasteiger partial charge in [0.05, 0.1) is 5.41 Å². The number of likely N-dealkylation sites (tertiary alicyclic amines) is 2. The Hall–Kier alpha value is -1.63. The highest BCUT2D eigenvalue weighted by Gasteiger charge is 2.55. The van der Waals surface area contributed by atoms with E-state index in [2.05, 4.69) is 5.32 Å². The van der Waals surface area contributed by atoms with Gasteiger partial charge in [-0.25, -0.2) is 0 Å². The van der Waals surface area contributed by atoms with Crippen LogP contribution in [0.1, 0.15) is 32.1 Å². The lowest BCUT2D eigenvalue weighted by Crippen LogP contribution is -2.53. The van der Waals surface area contributed by atoms with Gasteiger partial charge in [-0.05, 0) is 44.1 Å². The normalized spacial score (nSPS) is 38.1. The molecule has 3 heterocycles. The minimum Gasteiger partial charge on any atom is -0.369 e. The molecule has 4 rings (SSSR count). The number of hydrogen-bond acceptors (Lipinski definition) is 4. The van der Waals surface area contributed by atoms with Gasteiger partial charge in [-0.1, -0.05) is 6.42 Å². The second-order valence-electron chi connectivity index (χ2n) is 7.94. The number of amides is 3. The van der Waals surface area contributed by atoms with Crippen molar-refractivity contribution in [3.63, 3.8) is 0 Å². The number of carbonyl (C=O) groups excluding carboxylic acids is 3. The molecule has 0 bridgehead atoms. The van der Waals surface area contributed by atoms with Gasteiger partial charge >= 0.3 is 11.8 Å². The van der Waals surface area contributed by atoms with Gasteiger partial charge in [0, 0.05) is 32.2 Å². The maximum Gasteiger partial charge on any atom is 0.312 e. The van der Waals surface area contributed by atoms with Crippen LogP contribution in [-0.4, -0.2) is 66.3 Å². The average Bonchev–Trinajstić information content (AvgIpc) is 3.25. The molecule has 3 aliphatic heterocycles. The van der Waals surface area contributed by atoms with Gasteiger partial charge < -0.3 is 20.9 Å². The minimum atomic E-state index is -0.601. The molecule has 4 atom stereocenters. The van der Waals surface area contributed by atoms with E-state index in [0.717, 1.165) is 38.6 Å². The zero-order valence-corrected chi connectivity index (χ0v) is 14.0. The maximum atomic E-state index is 12.7. The molecular weight excluding hydrogens is 308 g/mol. The second-order valence-corrected chi connectivity index (χ2v) is 7.94. The highest BCUT2D eigenvalue weighted by Crippen LogP contribution is 2.48. The predicted molar refractivity (Wildman–Crippen MR) is 86.6 cm³/mol. The van der Waals surface area contributed by atoms with Crippen LogP contribution in [0, 0.1) is 17.3 Å². The molecule has 1 saturated carbocycles. The highest BCUT2D eigenvalue weighted by molar-refractivity contribution is 6.35. The van der Waals surface area contributed by atoms with Gasteiger partial charge in [-0.2, -0.15) is 0 Å². The molecule has 1 aliphatic carbocycles. The lowest BCUT2D eigenvalue weighted by molar-refractivity contribution is -0.152. The summed E-state index contributed by atoms with van der Waals surface area (Å²) in [6.07, 6.45) is 4.76. The van der Waals surface area contributed by atoms with E-state index >= 15 is 0 Å². The Bertz CT molecular complexity index is 580. The second kappa shape index (κ2) is 5.72. The van der Waals surface area contributed by atoms with E-state index in [9.17, 15) is 14.4 Å². The van der Waals surface area contributed by atoms with E-state index in [-0.39, 0.29) is 11.8 Å². The average molecular weight is 334 g/mol. The Kier molecular flexibility index (Phi) is 3.78. The molecule has 3 N–H and O–H groups in total. The summed E-state index contributed by atoms with van der Waals surface area (Å²) in [5, 5.41) is 3.43. The first-order valence-electron chi connectivity index (χ1n) is 9.13. The monoisotopic (exact) mass is 334 g/mol. The van der Waals surface area contributed by atoms with Crippen LogP contribution in [0.5, 0.6) is 0 Å². The van der Waals surface area contributed by atoms with Gasteiger partial charge in [0.15, 0.2) is 0 Å². The summed E-state index contributed by atoms with van der Waals surface area (Å²) in [5.74, 6) is -0.436. The van der Waals surface area contributed by atoms with E-state index in [0.29, 0.717) is 38.1 Å². The molecule has 3 amide bonds. The van der Waals surface area contributed by atoms with E-state index < -0.39 is 17.2 Å². The summed E-state index contributed by atoms with van der Waals surface area (Å²) in [6, 6.07) is 0.324. The number of nitrogens with one attached hydrogen (secondary N) is 1. The Morgan fingerprint density at radius 2 is 1.83 bits per heavy atom. The van der Waals surface area contributed by atoms with Crippen molar-refractivity contribution in [2.75, 3.05) is 32.7 Å². The van der Waals surface area contributed by atoms with Crippen molar-refractivity contribution in [2.45, 2.75) is 38.1 Å². The number of rotatable bonds is 1. The fourth-order valence-electron chi connectivity index (χ4n) is 5.33. The third kappa shape index (κ3) is 2.32. The van der Waals surface area contributed by atoms with Gasteiger partial charge in [-0.15, -0.1) is 0 Å². The van der Waals surface area contributed by atoms with Crippen molar-refractivity contribution in [3.8, 4) is 0 Å². The number of primary amides is 1. The van der Waals surface area contributed by atoms with Crippen LogP contribution >= 0.6 is 0 Å². The van der Waals surface area contributed by atoms with Crippen molar-refractivity contribution in [1.82, 2.24) is 15.1 Å². The number of carbonyl (C=O) groups is 3. The molecule has 0 aromatic heterocycles. The molecule has 0 aromatic rings. The minimum absolute atomic E-state index is 0.119. The Labute approximate surface area is 141 Å². The Morgan fingerprint density at radius 1 is 1.04 bits per heavy atom. The Balaban J connectivity index is 1.43. The topological polar surface area (TPSA) is 95.7 Å². The first-order valence-corrected chi connectivity index (χ1v) is 9.13. The SMILES string of the molecule is NC(=O)[C@]12CCC[C@H]1CN(C(=O)C(=O)N1CC[C@@H]3CCN[C@@H]3C1)C2. The number of fused-ring (bicyclic) bond motifs is 2. The molecule has 3 saturated heterocycles. The van der Waals surface area contributed by atoms with E-state index in [1.165, 1.54) is 0 Å². The molecule has 24 heavy (non-hydrogen) atoms. The van der Waals surface area contributed by atoms with Crippen molar-refractivity contribution in [1.29, 1.82) is 0 Å². The van der Waals surface area contributed by atoms with Crippen LogP contribution in [0.4, 0.5) is 0 Å². The van der Waals surface area contributed by atoms with Gasteiger partial charge in [-0.3, -0.25) is 14.4 Å². The fourth-order valence-corrected chi connectivity index (χ4v) is 5.33. The number of nitrogens with zero attached hydrogens (tertiary/aromatic N) is 2. The molecule has 0 aromatic carbocycles. The van der Waals surface area contributed by atoms with Crippen LogP contribution < -0.4 is 11.1 Å². The summed E-state index contributed by atoms with van der Waals surface area (Å²) in [6.45, 7) is 3.08. The van der Waals surface area contributed by atoms with Gasteiger partial charge in [0.25, 0.3) is 0 Å².